The number of rotatable bonds is 6. The second-order valence-corrected chi connectivity index (χ2v) is 3.32. The third kappa shape index (κ3) is 3.22. The number of carbonyl (C=O) groups is 1. The minimum atomic E-state index is -0.692. The number of nitrogens with one attached hydrogen (secondary N) is 1. The third-order valence-electron chi connectivity index (χ3n) is 2.40. The van der Waals surface area contributed by atoms with E-state index in [0.717, 1.165) is 13.1 Å². The summed E-state index contributed by atoms with van der Waals surface area (Å²) in [6.45, 7) is 7.42. The van der Waals surface area contributed by atoms with E-state index in [1.807, 2.05) is 13.8 Å². The van der Waals surface area contributed by atoms with Crippen molar-refractivity contribution >= 4 is 5.97 Å². The molecular formula is C9H19NO2. The molecule has 0 aliphatic rings. The molecule has 1 atom stereocenters. The molecule has 0 bridgehead atoms. The topological polar surface area (TPSA) is 49.3 Å². The van der Waals surface area contributed by atoms with Crippen LogP contribution < -0.4 is 5.32 Å². The van der Waals surface area contributed by atoms with Gasteiger partial charge in [0, 0.05) is 0 Å². The van der Waals surface area contributed by atoms with E-state index in [9.17, 15) is 4.79 Å². The predicted octanol–water partition coefficient (Wildman–Crippen LogP) is 1.49. The quantitative estimate of drug-likeness (QED) is 0.598. The molecule has 0 aromatic carbocycles. The Balaban J connectivity index is 3.88. The van der Waals surface area contributed by atoms with Gasteiger partial charge in [-0.05, 0) is 32.9 Å². The van der Waals surface area contributed by atoms with Crippen LogP contribution in [0.25, 0.3) is 0 Å². The lowest BCUT2D eigenvalue weighted by Crippen LogP contribution is -2.31. The van der Waals surface area contributed by atoms with Crippen LogP contribution in [0.15, 0.2) is 0 Å². The Morgan fingerprint density at radius 3 is 2.42 bits per heavy atom. The Labute approximate surface area is 74.2 Å². The van der Waals surface area contributed by atoms with Gasteiger partial charge in [-0.3, -0.25) is 4.79 Å². The summed E-state index contributed by atoms with van der Waals surface area (Å²) in [6.07, 6.45) is 1.39. The minimum Gasteiger partial charge on any atom is -0.481 e. The maximum atomic E-state index is 10.8. The van der Waals surface area contributed by atoms with Crippen molar-refractivity contribution < 1.29 is 9.90 Å². The van der Waals surface area contributed by atoms with E-state index in [1.165, 1.54) is 0 Å². The number of aliphatic carboxylic acids is 1. The summed E-state index contributed by atoms with van der Waals surface area (Å²) in [4.78, 5) is 10.8. The van der Waals surface area contributed by atoms with Crippen LogP contribution in [0.1, 0.15) is 33.6 Å². The van der Waals surface area contributed by atoms with Crippen molar-refractivity contribution in [1.29, 1.82) is 0 Å². The number of hydrogen-bond donors (Lipinski definition) is 2. The SMILES string of the molecule is CCNCCC(C)(CC)C(=O)O. The van der Waals surface area contributed by atoms with Gasteiger partial charge in [0.25, 0.3) is 0 Å². The zero-order valence-corrected chi connectivity index (χ0v) is 8.18. The van der Waals surface area contributed by atoms with Gasteiger partial charge in [-0.2, -0.15) is 0 Å². The van der Waals surface area contributed by atoms with Gasteiger partial charge in [-0.25, -0.2) is 0 Å². The fraction of sp³-hybridized carbons (Fsp3) is 0.889. The van der Waals surface area contributed by atoms with E-state index in [-0.39, 0.29) is 0 Å². The van der Waals surface area contributed by atoms with Crippen LogP contribution in [0.2, 0.25) is 0 Å². The molecule has 72 valence electrons. The average Bonchev–Trinajstić information content (AvgIpc) is 2.04. The van der Waals surface area contributed by atoms with Crippen LogP contribution in [0.4, 0.5) is 0 Å². The predicted molar refractivity (Wildman–Crippen MR) is 49.2 cm³/mol. The number of hydrogen-bond acceptors (Lipinski definition) is 2. The van der Waals surface area contributed by atoms with Crippen molar-refractivity contribution in [3.8, 4) is 0 Å². The molecular weight excluding hydrogens is 154 g/mol. The van der Waals surface area contributed by atoms with Gasteiger partial charge < -0.3 is 10.4 Å². The summed E-state index contributed by atoms with van der Waals surface area (Å²) in [5.74, 6) is -0.692. The molecule has 3 nitrogen and oxygen atoms in total. The molecule has 0 rings (SSSR count). The molecule has 0 saturated carbocycles. The van der Waals surface area contributed by atoms with Gasteiger partial charge in [0.1, 0.15) is 0 Å². The molecule has 0 spiro atoms. The molecule has 1 unspecified atom stereocenters. The molecule has 0 aliphatic heterocycles. The van der Waals surface area contributed by atoms with Crippen molar-refractivity contribution in [2.24, 2.45) is 5.41 Å². The fourth-order valence-corrected chi connectivity index (χ4v) is 0.976. The van der Waals surface area contributed by atoms with E-state index < -0.39 is 11.4 Å². The Morgan fingerprint density at radius 2 is 2.08 bits per heavy atom. The maximum Gasteiger partial charge on any atom is 0.309 e. The monoisotopic (exact) mass is 173 g/mol. The summed E-state index contributed by atoms with van der Waals surface area (Å²) >= 11 is 0. The van der Waals surface area contributed by atoms with Crippen molar-refractivity contribution in [2.45, 2.75) is 33.6 Å². The molecule has 2 N–H and O–H groups in total. The summed E-state index contributed by atoms with van der Waals surface area (Å²) in [5.41, 5.74) is -0.553. The maximum absolute atomic E-state index is 10.8. The van der Waals surface area contributed by atoms with E-state index in [2.05, 4.69) is 5.32 Å². The largest absolute Gasteiger partial charge is 0.481 e. The van der Waals surface area contributed by atoms with E-state index in [0.29, 0.717) is 12.8 Å². The van der Waals surface area contributed by atoms with Crippen molar-refractivity contribution in [1.82, 2.24) is 5.32 Å². The van der Waals surface area contributed by atoms with Gasteiger partial charge in [-0.15, -0.1) is 0 Å². The second-order valence-electron chi connectivity index (χ2n) is 3.32. The molecule has 0 aromatic heterocycles. The Morgan fingerprint density at radius 1 is 1.50 bits per heavy atom. The highest BCUT2D eigenvalue weighted by molar-refractivity contribution is 5.73. The molecule has 0 radical (unpaired) electrons. The minimum absolute atomic E-state index is 0.553. The van der Waals surface area contributed by atoms with Gasteiger partial charge in [0.2, 0.25) is 0 Å². The number of carboxylic acid groups (broad SMARTS) is 1. The summed E-state index contributed by atoms with van der Waals surface area (Å²) in [5, 5.41) is 12.0. The van der Waals surface area contributed by atoms with Gasteiger partial charge in [-0.1, -0.05) is 13.8 Å². The Hall–Kier alpha value is -0.570. The van der Waals surface area contributed by atoms with Gasteiger partial charge >= 0.3 is 5.97 Å². The molecule has 0 amide bonds. The normalized spacial score (nSPS) is 15.6. The molecule has 0 fully saturated rings. The zero-order valence-electron chi connectivity index (χ0n) is 8.18. The molecule has 0 aromatic rings. The third-order valence-corrected chi connectivity index (χ3v) is 2.40. The van der Waals surface area contributed by atoms with Crippen LogP contribution >= 0.6 is 0 Å². The van der Waals surface area contributed by atoms with Crippen molar-refractivity contribution in [3.05, 3.63) is 0 Å². The standard InChI is InChI=1S/C9H19NO2/c1-4-9(3,8(11)12)6-7-10-5-2/h10H,4-7H2,1-3H3,(H,11,12). The first-order chi connectivity index (χ1) is 5.56. The van der Waals surface area contributed by atoms with Gasteiger partial charge in [0.15, 0.2) is 0 Å². The van der Waals surface area contributed by atoms with Crippen molar-refractivity contribution in [3.63, 3.8) is 0 Å². The first kappa shape index (κ1) is 11.4. The first-order valence-corrected chi connectivity index (χ1v) is 4.51. The highest BCUT2D eigenvalue weighted by atomic mass is 16.4. The Bertz CT molecular complexity index is 147. The molecule has 3 heteroatoms. The lowest BCUT2D eigenvalue weighted by Gasteiger charge is -2.22. The van der Waals surface area contributed by atoms with Crippen LogP contribution in [0.5, 0.6) is 0 Å². The molecule has 12 heavy (non-hydrogen) atoms. The van der Waals surface area contributed by atoms with Crippen LogP contribution in [0.3, 0.4) is 0 Å². The Kier molecular flexibility index (Phi) is 4.90. The van der Waals surface area contributed by atoms with Crippen LogP contribution in [-0.4, -0.2) is 24.2 Å². The summed E-state index contributed by atoms with van der Waals surface area (Å²) < 4.78 is 0. The molecule has 0 saturated heterocycles. The molecule has 0 heterocycles. The average molecular weight is 173 g/mol. The summed E-state index contributed by atoms with van der Waals surface area (Å²) in [7, 11) is 0. The smallest absolute Gasteiger partial charge is 0.309 e. The van der Waals surface area contributed by atoms with Gasteiger partial charge in [0.05, 0.1) is 5.41 Å². The lowest BCUT2D eigenvalue weighted by atomic mass is 9.84. The fourth-order valence-electron chi connectivity index (χ4n) is 0.976. The summed E-state index contributed by atoms with van der Waals surface area (Å²) in [6, 6.07) is 0. The van der Waals surface area contributed by atoms with E-state index in [4.69, 9.17) is 5.11 Å². The van der Waals surface area contributed by atoms with Crippen LogP contribution in [-0.2, 0) is 4.79 Å². The zero-order chi connectivity index (χ0) is 9.61. The molecule has 0 aliphatic carbocycles. The first-order valence-electron chi connectivity index (χ1n) is 4.51. The van der Waals surface area contributed by atoms with E-state index >= 15 is 0 Å². The van der Waals surface area contributed by atoms with Crippen molar-refractivity contribution in [2.75, 3.05) is 13.1 Å². The number of carboxylic acids is 1. The lowest BCUT2D eigenvalue weighted by molar-refractivity contribution is -0.148. The van der Waals surface area contributed by atoms with E-state index in [1.54, 1.807) is 6.92 Å². The second kappa shape index (κ2) is 5.14. The highest BCUT2D eigenvalue weighted by Gasteiger charge is 2.29. The van der Waals surface area contributed by atoms with Crippen LogP contribution in [0, 0.1) is 5.41 Å². The highest BCUT2D eigenvalue weighted by Crippen LogP contribution is 2.24.